The summed E-state index contributed by atoms with van der Waals surface area (Å²) < 4.78 is 17.1. The number of unbranched alkanes of at least 4 members (excludes halogenated alkanes) is 13. The van der Waals surface area contributed by atoms with Crippen LogP contribution in [0.2, 0.25) is 0 Å². The van der Waals surface area contributed by atoms with E-state index in [4.69, 9.17) is 14.2 Å². The summed E-state index contributed by atoms with van der Waals surface area (Å²) in [4.78, 5) is 36.7. The molecule has 0 amide bonds. The molecule has 2 unspecified atom stereocenters. The van der Waals surface area contributed by atoms with Gasteiger partial charge in [-0.2, -0.15) is 0 Å². The van der Waals surface area contributed by atoms with Gasteiger partial charge in [0.25, 0.3) is 0 Å². The number of esters is 2. The molecule has 0 aromatic carbocycles. The number of hydrogen-bond acceptors (Lipinski definition) is 6. The van der Waals surface area contributed by atoms with Crippen LogP contribution in [0.25, 0.3) is 0 Å². The van der Waals surface area contributed by atoms with Crippen molar-refractivity contribution in [3.8, 4) is 0 Å². The van der Waals surface area contributed by atoms with Gasteiger partial charge >= 0.3 is 17.9 Å². The molecule has 0 aliphatic heterocycles. The van der Waals surface area contributed by atoms with Crippen molar-refractivity contribution >= 4 is 17.9 Å². The molecule has 2 atom stereocenters. The number of allylic oxidation sites excluding steroid dienone is 8. The summed E-state index contributed by atoms with van der Waals surface area (Å²) in [5.41, 5.74) is 0. The van der Waals surface area contributed by atoms with Crippen molar-refractivity contribution in [1.82, 2.24) is 0 Å². The number of aliphatic carboxylic acids is 1. The van der Waals surface area contributed by atoms with Crippen LogP contribution in [0.5, 0.6) is 0 Å². The molecule has 8 nitrogen and oxygen atoms in total. The maximum Gasteiger partial charge on any atom is 0.362 e. The first-order valence-electron chi connectivity index (χ1n) is 18.7. The lowest BCUT2D eigenvalue weighted by Crippen LogP contribution is -2.50. The fourth-order valence-electron chi connectivity index (χ4n) is 5.16. The van der Waals surface area contributed by atoms with Crippen LogP contribution in [0, 0.1) is 0 Å². The second-order valence-electron chi connectivity index (χ2n) is 13.5. The van der Waals surface area contributed by atoms with E-state index in [0.717, 1.165) is 64.2 Å². The molecule has 0 fully saturated rings. The molecule has 0 aliphatic rings. The van der Waals surface area contributed by atoms with Gasteiger partial charge in [-0.15, -0.1) is 0 Å². The minimum Gasteiger partial charge on any atom is -0.477 e. The summed E-state index contributed by atoms with van der Waals surface area (Å²) in [5, 5.41) is 9.57. The lowest BCUT2D eigenvalue weighted by Gasteiger charge is -2.31. The van der Waals surface area contributed by atoms with Crippen molar-refractivity contribution in [3.05, 3.63) is 48.6 Å². The number of hydrogen-bond donors (Lipinski definition) is 1. The minimum atomic E-state index is -0.881. The van der Waals surface area contributed by atoms with Crippen LogP contribution in [0.3, 0.4) is 0 Å². The van der Waals surface area contributed by atoms with Gasteiger partial charge < -0.3 is 23.8 Å². The van der Waals surface area contributed by atoms with Crippen LogP contribution in [0.4, 0.5) is 0 Å². The van der Waals surface area contributed by atoms with Crippen LogP contribution < -0.4 is 0 Å². The average molecular weight is 677 g/mol. The van der Waals surface area contributed by atoms with Crippen molar-refractivity contribution in [1.29, 1.82) is 0 Å². The van der Waals surface area contributed by atoms with Gasteiger partial charge in [0.05, 0.1) is 34.4 Å². The van der Waals surface area contributed by atoms with E-state index < -0.39 is 18.1 Å². The highest BCUT2D eigenvalue weighted by Gasteiger charge is 2.31. The molecule has 48 heavy (non-hydrogen) atoms. The topological polar surface area (TPSA) is 99.1 Å². The second-order valence-corrected chi connectivity index (χ2v) is 13.5. The van der Waals surface area contributed by atoms with Crippen molar-refractivity contribution in [3.63, 3.8) is 0 Å². The third kappa shape index (κ3) is 29.4. The highest BCUT2D eigenvalue weighted by Crippen LogP contribution is 2.13. The van der Waals surface area contributed by atoms with Gasteiger partial charge in [-0.05, 0) is 32.1 Å². The fraction of sp³-hybridized carbons (Fsp3) is 0.725. The zero-order valence-electron chi connectivity index (χ0n) is 31.2. The van der Waals surface area contributed by atoms with Gasteiger partial charge in [-0.1, -0.05) is 133 Å². The quantitative estimate of drug-likeness (QED) is 0.0328. The highest BCUT2D eigenvalue weighted by atomic mass is 16.6. The maximum absolute atomic E-state index is 12.6. The van der Waals surface area contributed by atoms with E-state index in [1.807, 2.05) is 51.5 Å². The lowest BCUT2D eigenvalue weighted by atomic mass is 10.1. The number of carboxylic acid groups (broad SMARTS) is 1. The van der Waals surface area contributed by atoms with Gasteiger partial charge in [0.1, 0.15) is 6.61 Å². The summed E-state index contributed by atoms with van der Waals surface area (Å²) in [6, 6.07) is -0.616. The molecular weight excluding hydrogens is 606 g/mol. The van der Waals surface area contributed by atoms with Gasteiger partial charge in [0.2, 0.25) is 0 Å². The molecule has 0 spiro atoms. The first-order valence-corrected chi connectivity index (χ1v) is 18.7. The fourth-order valence-corrected chi connectivity index (χ4v) is 5.16. The van der Waals surface area contributed by atoms with E-state index in [1.54, 1.807) is 0 Å². The second kappa shape index (κ2) is 31.6. The molecule has 0 aromatic rings. The Balaban J connectivity index is 4.45. The van der Waals surface area contributed by atoms with E-state index >= 15 is 0 Å². The molecule has 0 bridgehead atoms. The van der Waals surface area contributed by atoms with Crippen LogP contribution in [0.15, 0.2) is 48.6 Å². The first kappa shape index (κ1) is 45.3. The number of rotatable bonds is 32. The number of carbonyl (C=O) groups is 3. The summed E-state index contributed by atoms with van der Waals surface area (Å²) in [6.07, 6.45) is 34.4. The van der Waals surface area contributed by atoms with E-state index in [9.17, 15) is 19.5 Å². The highest BCUT2D eigenvalue weighted by molar-refractivity contribution is 5.72. The number of carboxylic acids is 1. The van der Waals surface area contributed by atoms with E-state index in [0.29, 0.717) is 19.3 Å². The Morgan fingerprint density at radius 1 is 0.646 bits per heavy atom. The van der Waals surface area contributed by atoms with Crippen molar-refractivity contribution in [2.45, 2.75) is 148 Å². The Morgan fingerprint density at radius 2 is 1.17 bits per heavy atom. The molecule has 0 radical (unpaired) electrons. The first-order chi connectivity index (χ1) is 23.1. The predicted octanol–water partition coefficient (Wildman–Crippen LogP) is 9.29. The largest absolute Gasteiger partial charge is 0.477 e. The number of carbonyl (C=O) groups excluding carboxylic acids is 2. The maximum atomic E-state index is 12.6. The lowest BCUT2D eigenvalue weighted by molar-refractivity contribution is -0.887. The van der Waals surface area contributed by atoms with Crippen molar-refractivity contribution in [2.24, 2.45) is 0 Å². The molecule has 0 saturated heterocycles. The number of likely N-dealkylation sites (N-methyl/N-ethyl adjacent to an activating group) is 1. The third-order valence-corrected chi connectivity index (χ3v) is 8.09. The van der Waals surface area contributed by atoms with Gasteiger partial charge in [0, 0.05) is 19.3 Å². The molecule has 1 N–H and O–H groups in total. The Bertz CT molecular complexity index is 932. The number of ether oxygens (including phenoxy) is 3. The molecule has 0 heterocycles. The molecular formula is C40H70NO7+. The van der Waals surface area contributed by atoms with E-state index in [2.05, 4.69) is 32.1 Å². The third-order valence-electron chi connectivity index (χ3n) is 8.09. The van der Waals surface area contributed by atoms with Crippen LogP contribution >= 0.6 is 0 Å². The summed E-state index contributed by atoms with van der Waals surface area (Å²) in [7, 11) is 5.50. The monoisotopic (exact) mass is 677 g/mol. The Labute approximate surface area is 293 Å². The van der Waals surface area contributed by atoms with Crippen LogP contribution in [0.1, 0.15) is 136 Å². The Kier molecular flexibility index (Phi) is 29.8. The van der Waals surface area contributed by atoms with Crippen LogP contribution in [-0.4, -0.2) is 80.6 Å². The molecule has 8 heteroatoms. The predicted molar refractivity (Wildman–Crippen MR) is 197 cm³/mol. The summed E-state index contributed by atoms with van der Waals surface area (Å²) in [6.45, 7) is 4.53. The van der Waals surface area contributed by atoms with E-state index in [1.165, 1.54) is 38.5 Å². The summed E-state index contributed by atoms with van der Waals surface area (Å²) in [5.74, 6) is -1.51. The van der Waals surface area contributed by atoms with Crippen molar-refractivity contribution in [2.75, 3.05) is 41.0 Å². The van der Waals surface area contributed by atoms with Gasteiger partial charge in [-0.25, -0.2) is 4.79 Å². The number of quaternary nitrogens is 1. The van der Waals surface area contributed by atoms with Crippen molar-refractivity contribution < 1.29 is 38.2 Å². The summed E-state index contributed by atoms with van der Waals surface area (Å²) >= 11 is 0. The van der Waals surface area contributed by atoms with Gasteiger partial charge in [0.15, 0.2) is 12.1 Å². The number of nitrogens with zero attached hydrogens (tertiary/aromatic N) is 1. The standard InChI is InChI=1S/C40H69NO7/c1-6-8-10-12-14-16-17-18-19-20-21-23-24-26-28-30-38(42)47-35-36(34-46-33-32-37(40(44)45)41(3,4)5)48-39(43)31-29-27-25-22-15-13-11-9-7-2/h8,10,12,14,16-19,36-37H,6-7,9,11,13,15,20-35H2,1-5H3/p+1/b10-8+,14-12+,17-16+,19-18+. The average Bonchev–Trinajstić information content (AvgIpc) is 3.03. The zero-order chi connectivity index (χ0) is 35.7. The Hall–Kier alpha value is -2.71. The molecule has 276 valence electrons. The van der Waals surface area contributed by atoms with Crippen LogP contribution in [-0.2, 0) is 28.6 Å². The normalized spacial score (nSPS) is 13.6. The SMILES string of the molecule is CC/C=C/C=C/C=C/C=C/CCCCCCCC(=O)OCC(COCCC(C(=O)O)[N+](C)(C)C)OC(=O)CCCCCCCCCCC. The molecule has 0 aliphatic carbocycles. The zero-order valence-corrected chi connectivity index (χ0v) is 31.2. The Morgan fingerprint density at radius 3 is 1.73 bits per heavy atom. The molecule has 0 rings (SSSR count). The molecule has 0 saturated carbocycles. The van der Waals surface area contributed by atoms with E-state index in [-0.39, 0.29) is 36.2 Å². The smallest absolute Gasteiger partial charge is 0.362 e. The minimum absolute atomic E-state index is 0.0531. The molecule has 0 aromatic heterocycles. The van der Waals surface area contributed by atoms with Gasteiger partial charge in [-0.3, -0.25) is 9.59 Å².